The van der Waals surface area contributed by atoms with E-state index in [-0.39, 0.29) is 23.3 Å². The molecule has 0 radical (unpaired) electrons. The molecule has 2 fully saturated rings. The van der Waals surface area contributed by atoms with E-state index in [9.17, 15) is 9.59 Å². The van der Waals surface area contributed by atoms with Crippen LogP contribution in [0.5, 0.6) is 5.75 Å². The van der Waals surface area contributed by atoms with E-state index >= 15 is 0 Å². The summed E-state index contributed by atoms with van der Waals surface area (Å²) in [4.78, 5) is 35.2. The van der Waals surface area contributed by atoms with Crippen molar-refractivity contribution in [3.63, 3.8) is 0 Å². The minimum atomic E-state index is -0.459. The second-order valence-electron chi connectivity index (χ2n) is 8.62. The maximum absolute atomic E-state index is 13.6. The third-order valence-electron chi connectivity index (χ3n) is 6.71. The largest absolute Gasteiger partial charge is 0.497 e. The summed E-state index contributed by atoms with van der Waals surface area (Å²) in [6.07, 6.45) is 2.69. The number of rotatable bonds is 4. The topological polar surface area (TPSA) is 76.9 Å². The summed E-state index contributed by atoms with van der Waals surface area (Å²) < 4.78 is 12.5. The zero-order valence-electron chi connectivity index (χ0n) is 17.8. The molecule has 0 aromatic carbocycles. The van der Waals surface area contributed by atoms with Gasteiger partial charge in [-0.25, -0.2) is 0 Å². The lowest BCUT2D eigenvalue weighted by molar-refractivity contribution is -0.142. The highest BCUT2D eigenvalue weighted by molar-refractivity contribution is 5.81. The lowest BCUT2D eigenvalue weighted by atomic mass is 9.78. The Balaban J connectivity index is 1.46. The molecular formula is C23H28N4O4. The summed E-state index contributed by atoms with van der Waals surface area (Å²) in [5, 5.41) is 0. The predicted octanol–water partition coefficient (Wildman–Crippen LogP) is 1.27. The van der Waals surface area contributed by atoms with Crippen LogP contribution in [0.25, 0.3) is 0 Å². The number of amides is 1. The molecule has 0 spiro atoms. The van der Waals surface area contributed by atoms with Crippen molar-refractivity contribution in [3.8, 4) is 5.75 Å². The van der Waals surface area contributed by atoms with Gasteiger partial charge < -0.3 is 14.4 Å². The highest BCUT2D eigenvalue weighted by atomic mass is 16.5. The molecular weight excluding hydrogens is 396 g/mol. The molecule has 0 N–H and O–H groups in total. The first-order valence-electron chi connectivity index (χ1n) is 10.9. The Morgan fingerprint density at radius 3 is 2.87 bits per heavy atom. The number of fused-ring (bicyclic) bond motifs is 4. The molecule has 0 unspecified atom stereocenters. The number of likely N-dealkylation sites (tertiary alicyclic amines) is 1. The lowest BCUT2D eigenvalue weighted by Crippen LogP contribution is -2.55. The zero-order valence-corrected chi connectivity index (χ0v) is 17.8. The van der Waals surface area contributed by atoms with E-state index in [1.54, 1.807) is 23.9 Å². The number of carbonyl (C=O) groups excluding carboxylic acids is 1. The summed E-state index contributed by atoms with van der Waals surface area (Å²) in [5.74, 6) is 1.15. The summed E-state index contributed by atoms with van der Waals surface area (Å²) >= 11 is 0. The average Bonchev–Trinajstić information content (AvgIpc) is 2.80. The van der Waals surface area contributed by atoms with Crippen LogP contribution in [0.4, 0.5) is 0 Å². The average molecular weight is 425 g/mol. The van der Waals surface area contributed by atoms with Crippen molar-refractivity contribution < 1.29 is 14.3 Å². The van der Waals surface area contributed by atoms with E-state index in [0.717, 1.165) is 36.6 Å². The molecule has 2 bridgehead atoms. The third-order valence-corrected chi connectivity index (χ3v) is 6.71. The Morgan fingerprint density at radius 1 is 1.23 bits per heavy atom. The fourth-order valence-corrected chi connectivity index (χ4v) is 5.34. The Labute approximate surface area is 181 Å². The molecule has 3 aliphatic heterocycles. The van der Waals surface area contributed by atoms with E-state index in [0.29, 0.717) is 32.8 Å². The smallest absolute Gasteiger partial charge is 0.251 e. The van der Waals surface area contributed by atoms with Crippen LogP contribution in [-0.4, -0.2) is 71.8 Å². The number of aromatic nitrogens is 2. The van der Waals surface area contributed by atoms with Crippen LogP contribution in [0.3, 0.4) is 0 Å². The predicted molar refractivity (Wildman–Crippen MR) is 114 cm³/mol. The maximum Gasteiger partial charge on any atom is 0.251 e. The van der Waals surface area contributed by atoms with E-state index in [1.807, 2.05) is 29.2 Å². The van der Waals surface area contributed by atoms with Gasteiger partial charge in [0, 0.05) is 68.6 Å². The van der Waals surface area contributed by atoms with Crippen LogP contribution in [0.1, 0.15) is 29.8 Å². The van der Waals surface area contributed by atoms with Crippen LogP contribution in [0.2, 0.25) is 0 Å². The first-order valence-corrected chi connectivity index (χ1v) is 10.9. The van der Waals surface area contributed by atoms with Crippen molar-refractivity contribution in [1.82, 2.24) is 19.4 Å². The Bertz CT molecular complexity index is 1020. The van der Waals surface area contributed by atoms with E-state index < -0.39 is 6.04 Å². The van der Waals surface area contributed by atoms with E-state index in [2.05, 4.69) is 9.88 Å². The van der Waals surface area contributed by atoms with Gasteiger partial charge in [0.25, 0.3) is 5.56 Å². The monoisotopic (exact) mass is 424 g/mol. The Kier molecular flexibility index (Phi) is 5.50. The highest BCUT2D eigenvalue weighted by Gasteiger charge is 2.45. The number of hydrogen-bond donors (Lipinski definition) is 0. The normalized spacial score (nSPS) is 25.7. The minimum Gasteiger partial charge on any atom is -0.497 e. The molecule has 0 aliphatic carbocycles. The first-order chi connectivity index (χ1) is 15.1. The molecule has 3 aliphatic rings. The number of carbonyl (C=O) groups is 1. The van der Waals surface area contributed by atoms with Gasteiger partial charge in [-0.2, -0.15) is 0 Å². The molecule has 2 aromatic rings. The van der Waals surface area contributed by atoms with E-state index in [4.69, 9.17) is 9.47 Å². The second kappa shape index (κ2) is 8.43. The van der Waals surface area contributed by atoms with Gasteiger partial charge in [-0.3, -0.25) is 24.0 Å². The molecule has 0 saturated carbocycles. The van der Waals surface area contributed by atoms with Gasteiger partial charge in [0.05, 0.1) is 26.0 Å². The SMILES string of the molecule is COc1ccnc(CN2C[C@@H]3C[C@H](C2)[C@H](C(=O)N2CCOCC2)n2c3cccc2=O)c1. The van der Waals surface area contributed by atoms with Crippen molar-refractivity contribution in [2.45, 2.75) is 24.9 Å². The van der Waals surface area contributed by atoms with Crippen molar-refractivity contribution in [2.75, 3.05) is 46.5 Å². The molecule has 8 nitrogen and oxygen atoms in total. The van der Waals surface area contributed by atoms with Gasteiger partial charge in [-0.1, -0.05) is 6.07 Å². The molecule has 31 heavy (non-hydrogen) atoms. The molecule has 3 atom stereocenters. The number of piperidine rings is 1. The maximum atomic E-state index is 13.6. The summed E-state index contributed by atoms with van der Waals surface area (Å²) in [6.45, 7) is 4.57. The van der Waals surface area contributed by atoms with Gasteiger partial charge in [-0.15, -0.1) is 0 Å². The van der Waals surface area contributed by atoms with Gasteiger partial charge in [0.2, 0.25) is 5.91 Å². The second-order valence-corrected chi connectivity index (χ2v) is 8.62. The minimum absolute atomic E-state index is 0.0441. The quantitative estimate of drug-likeness (QED) is 0.736. The molecule has 164 valence electrons. The third kappa shape index (κ3) is 3.85. The van der Waals surface area contributed by atoms with Crippen LogP contribution < -0.4 is 10.3 Å². The van der Waals surface area contributed by atoms with Crippen LogP contribution >= 0.6 is 0 Å². The standard InChI is InChI=1S/C23H28N4O4/c1-30-19-5-6-24-18(12-19)15-25-13-16-11-17(14-25)22(23(29)26-7-9-31-10-8-26)27-20(16)3-2-4-21(27)28/h2-6,12,16-17,22H,7-11,13-15H2,1H3/t16-,17+,22+/m0/s1. The first kappa shape index (κ1) is 20.2. The molecule has 2 aromatic heterocycles. The molecule has 8 heteroatoms. The van der Waals surface area contributed by atoms with Crippen molar-refractivity contribution in [1.29, 1.82) is 0 Å². The summed E-state index contributed by atoms with van der Waals surface area (Å²) in [7, 11) is 1.65. The zero-order chi connectivity index (χ0) is 21.4. The van der Waals surface area contributed by atoms with Crippen LogP contribution in [-0.2, 0) is 16.1 Å². The van der Waals surface area contributed by atoms with Gasteiger partial charge in [0.15, 0.2) is 0 Å². The van der Waals surface area contributed by atoms with Gasteiger partial charge in [0.1, 0.15) is 11.8 Å². The van der Waals surface area contributed by atoms with Gasteiger partial charge in [-0.05, 0) is 18.6 Å². The number of morpholine rings is 1. The van der Waals surface area contributed by atoms with Crippen molar-refractivity contribution in [3.05, 3.63) is 58.3 Å². The van der Waals surface area contributed by atoms with Gasteiger partial charge >= 0.3 is 0 Å². The number of ether oxygens (including phenoxy) is 2. The number of hydrogen-bond acceptors (Lipinski definition) is 6. The van der Waals surface area contributed by atoms with Crippen molar-refractivity contribution in [2.24, 2.45) is 5.92 Å². The Morgan fingerprint density at radius 2 is 2.06 bits per heavy atom. The number of methoxy groups -OCH3 is 1. The van der Waals surface area contributed by atoms with Crippen LogP contribution in [0.15, 0.2) is 41.3 Å². The molecule has 1 amide bonds. The lowest BCUT2D eigenvalue weighted by Gasteiger charge is -2.47. The molecule has 5 rings (SSSR count). The van der Waals surface area contributed by atoms with Crippen molar-refractivity contribution >= 4 is 5.91 Å². The van der Waals surface area contributed by atoms with Crippen LogP contribution in [0, 0.1) is 5.92 Å². The fourth-order valence-electron chi connectivity index (χ4n) is 5.34. The van der Waals surface area contributed by atoms with E-state index in [1.165, 1.54) is 0 Å². The highest BCUT2D eigenvalue weighted by Crippen LogP contribution is 2.42. The number of nitrogens with zero attached hydrogens (tertiary/aromatic N) is 4. The summed E-state index contributed by atoms with van der Waals surface area (Å²) in [5.41, 5.74) is 1.83. The Hall–Kier alpha value is -2.71. The summed E-state index contributed by atoms with van der Waals surface area (Å²) in [6, 6.07) is 8.73. The molecule has 2 saturated heterocycles. The molecule has 5 heterocycles. The number of pyridine rings is 2. The fraction of sp³-hybridized carbons (Fsp3) is 0.522.